The molecule has 3 rings (SSSR count). The van der Waals surface area contributed by atoms with Crippen LogP contribution in [0, 0.1) is 32.5 Å². The van der Waals surface area contributed by atoms with Gasteiger partial charge in [-0.25, -0.2) is 4.39 Å². The Bertz CT molecular complexity index is 910. The summed E-state index contributed by atoms with van der Waals surface area (Å²) in [5.74, 6) is -1.91. The minimum atomic E-state index is -0.696. The fraction of sp³-hybridized carbons (Fsp3) is 0.348. The topological polar surface area (TPSA) is 63.2 Å². The summed E-state index contributed by atoms with van der Waals surface area (Å²) in [7, 11) is 0. The molecule has 0 bridgehead atoms. The van der Waals surface area contributed by atoms with Gasteiger partial charge in [0.1, 0.15) is 17.5 Å². The predicted octanol–water partition coefficient (Wildman–Crippen LogP) is 3.81. The lowest BCUT2D eigenvalue weighted by atomic mass is 9.86. The zero-order valence-electron chi connectivity index (χ0n) is 16.3. The number of hydrogen-bond donors (Lipinski definition) is 1. The number of carbonyl (C=O) groups excluding carboxylic acids is 3. The van der Waals surface area contributed by atoms with Gasteiger partial charge in [0, 0.05) is 24.4 Å². The molecule has 2 aromatic rings. The van der Waals surface area contributed by atoms with E-state index in [2.05, 4.69) is 5.32 Å². The molecule has 2 unspecified atom stereocenters. The molecule has 0 saturated heterocycles. The monoisotopic (exact) mass is 381 g/mol. The predicted molar refractivity (Wildman–Crippen MR) is 105 cm³/mol. The van der Waals surface area contributed by atoms with E-state index < -0.39 is 11.7 Å². The summed E-state index contributed by atoms with van der Waals surface area (Å²) in [6.45, 7) is 6.16. The number of carbonyl (C=O) groups is 3. The van der Waals surface area contributed by atoms with Crippen molar-refractivity contribution in [3.05, 3.63) is 70.0 Å². The van der Waals surface area contributed by atoms with Gasteiger partial charge in [-0.3, -0.25) is 14.4 Å². The van der Waals surface area contributed by atoms with Crippen molar-refractivity contribution in [2.45, 2.75) is 39.5 Å². The van der Waals surface area contributed by atoms with Crippen molar-refractivity contribution in [2.24, 2.45) is 5.92 Å². The fourth-order valence-electron chi connectivity index (χ4n) is 4.11. The summed E-state index contributed by atoms with van der Waals surface area (Å²) in [5, 5.41) is 2.74. The highest BCUT2D eigenvalue weighted by Crippen LogP contribution is 2.37. The Morgan fingerprint density at radius 1 is 1.07 bits per heavy atom. The van der Waals surface area contributed by atoms with E-state index >= 15 is 0 Å². The molecule has 2 aromatic carbocycles. The van der Waals surface area contributed by atoms with E-state index in [1.54, 1.807) is 0 Å². The first kappa shape index (κ1) is 19.9. The van der Waals surface area contributed by atoms with E-state index in [1.807, 2.05) is 32.9 Å². The largest absolute Gasteiger partial charge is 0.352 e. The van der Waals surface area contributed by atoms with Crippen molar-refractivity contribution in [3.63, 3.8) is 0 Å². The molecule has 28 heavy (non-hydrogen) atoms. The fourth-order valence-corrected chi connectivity index (χ4v) is 4.11. The standard InChI is InChI=1S/C23H24FNO3/c1-13-10-14(2)20(15(3)11-13)21-19(26)12-17(22(21)27)8-9-25-23(28)16-4-6-18(24)7-5-16/h4-7,10-11,17,21H,8-9,12H2,1-3H3,(H,25,28). The summed E-state index contributed by atoms with van der Waals surface area (Å²) >= 11 is 0. The van der Waals surface area contributed by atoms with Crippen LogP contribution in [0.3, 0.4) is 0 Å². The second-order valence-electron chi connectivity index (χ2n) is 7.57. The minimum absolute atomic E-state index is 0.0464. The number of nitrogens with one attached hydrogen (secondary N) is 1. The molecule has 1 fully saturated rings. The normalized spacial score (nSPS) is 19.1. The average molecular weight is 381 g/mol. The van der Waals surface area contributed by atoms with Crippen molar-refractivity contribution >= 4 is 17.5 Å². The third-order valence-electron chi connectivity index (χ3n) is 5.37. The van der Waals surface area contributed by atoms with Crippen LogP contribution in [0.4, 0.5) is 4.39 Å². The van der Waals surface area contributed by atoms with Crippen LogP contribution in [0.25, 0.3) is 0 Å². The van der Waals surface area contributed by atoms with Gasteiger partial charge in [-0.15, -0.1) is 0 Å². The Morgan fingerprint density at radius 2 is 1.68 bits per heavy atom. The SMILES string of the molecule is Cc1cc(C)c(C2C(=O)CC(CCNC(=O)c3ccc(F)cc3)C2=O)c(C)c1. The number of ketones is 2. The molecule has 0 spiro atoms. The lowest BCUT2D eigenvalue weighted by Crippen LogP contribution is -2.27. The maximum absolute atomic E-state index is 12.9. The molecule has 4 nitrogen and oxygen atoms in total. The summed E-state index contributed by atoms with van der Waals surface area (Å²) in [5.41, 5.74) is 4.23. The average Bonchev–Trinajstić information content (AvgIpc) is 2.89. The Hall–Kier alpha value is -2.82. The molecule has 146 valence electrons. The molecule has 1 saturated carbocycles. The molecular formula is C23H24FNO3. The number of rotatable bonds is 5. The van der Waals surface area contributed by atoms with E-state index in [0.717, 1.165) is 22.3 Å². The van der Waals surface area contributed by atoms with Gasteiger partial charge in [-0.05, 0) is 68.1 Å². The van der Waals surface area contributed by atoms with Gasteiger partial charge in [-0.1, -0.05) is 17.7 Å². The summed E-state index contributed by atoms with van der Waals surface area (Å²) in [6.07, 6.45) is 0.626. The molecule has 0 aliphatic heterocycles. The number of hydrogen-bond acceptors (Lipinski definition) is 3. The number of aryl methyl sites for hydroxylation is 3. The highest BCUT2D eigenvalue weighted by atomic mass is 19.1. The Labute approximate surface area is 164 Å². The number of halogens is 1. The molecule has 1 aliphatic rings. The van der Waals surface area contributed by atoms with Gasteiger partial charge in [-0.2, -0.15) is 0 Å². The van der Waals surface area contributed by atoms with Crippen molar-refractivity contribution in [1.82, 2.24) is 5.32 Å². The van der Waals surface area contributed by atoms with Crippen LogP contribution < -0.4 is 5.32 Å². The number of benzene rings is 2. The highest BCUT2D eigenvalue weighted by Gasteiger charge is 2.42. The third-order valence-corrected chi connectivity index (χ3v) is 5.37. The van der Waals surface area contributed by atoms with Crippen molar-refractivity contribution in [2.75, 3.05) is 6.54 Å². The molecule has 2 atom stereocenters. The molecule has 1 aliphatic carbocycles. The number of Topliss-reactive ketones (excluding diaryl/α,β-unsaturated/α-hetero) is 2. The lowest BCUT2D eigenvalue weighted by molar-refractivity contribution is -0.124. The molecule has 0 radical (unpaired) electrons. The molecule has 0 aromatic heterocycles. The van der Waals surface area contributed by atoms with Crippen LogP contribution >= 0.6 is 0 Å². The van der Waals surface area contributed by atoms with Gasteiger partial charge >= 0.3 is 0 Å². The Balaban J connectivity index is 1.64. The lowest BCUT2D eigenvalue weighted by Gasteiger charge is -2.16. The van der Waals surface area contributed by atoms with Crippen LogP contribution in [0.5, 0.6) is 0 Å². The molecule has 0 heterocycles. The van der Waals surface area contributed by atoms with Crippen LogP contribution in [0.1, 0.15) is 51.4 Å². The van der Waals surface area contributed by atoms with Crippen molar-refractivity contribution < 1.29 is 18.8 Å². The highest BCUT2D eigenvalue weighted by molar-refractivity contribution is 6.15. The smallest absolute Gasteiger partial charge is 0.251 e. The van der Waals surface area contributed by atoms with Gasteiger partial charge in [0.05, 0.1) is 0 Å². The van der Waals surface area contributed by atoms with Gasteiger partial charge in [0.2, 0.25) is 0 Å². The maximum atomic E-state index is 12.9. The van der Waals surface area contributed by atoms with Gasteiger partial charge < -0.3 is 5.32 Å². The first-order valence-corrected chi connectivity index (χ1v) is 9.46. The quantitative estimate of drug-likeness (QED) is 0.801. The van der Waals surface area contributed by atoms with Crippen LogP contribution in [0.2, 0.25) is 0 Å². The van der Waals surface area contributed by atoms with Crippen molar-refractivity contribution in [3.8, 4) is 0 Å². The van der Waals surface area contributed by atoms with E-state index in [1.165, 1.54) is 24.3 Å². The van der Waals surface area contributed by atoms with E-state index in [-0.39, 0.29) is 29.8 Å². The van der Waals surface area contributed by atoms with Gasteiger partial charge in [0.25, 0.3) is 5.91 Å². The molecule has 1 amide bonds. The molecule has 5 heteroatoms. The molecule has 1 N–H and O–H groups in total. The Kier molecular flexibility index (Phi) is 5.73. The second-order valence-corrected chi connectivity index (χ2v) is 7.57. The second kappa shape index (κ2) is 8.05. The zero-order chi connectivity index (χ0) is 20.4. The first-order chi connectivity index (χ1) is 13.3. The minimum Gasteiger partial charge on any atom is -0.352 e. The van der Waals surface area contributed by atoms with Crippen LogP contribution in [-0.2, 0) is 9.59 Å². The van der Waals surface area contributed by atoms with Crippen LogP contribution in [0.15, 0.2) is 36.4 Å². The van der Waals surface area contributed by atoms with Crippen molar-refractivity contribution in [1.29, 1.82) is 0 Å². The third kappa shape index (κ3) is 4.03. The first-order valence-electron chi connectivity index (χ1n) is 9.46. The van der Waals surface area contributed by atoms with Crippen LogP contribution in [-0.4, -0.2) is 24.0 Å². The summed E-state index contributed by atoms with van der Waals surface area (Å²) < 4.78 is 12.9. The van der Waals surface area contributed by atoms with E-state index in [9.17, 15) is 18.8 Å². The Morgan fingerprint density at radius 3 is 2.29 bits per heavy atom. The summed E-state index contributed by atoms with van der Waals surface area (Å²) in [4.78, 5) is 37.6. The maximum Gasteiger partial charge on any atom is 0.251 e. The summed E-state index contributed by atoms with van der Waals surface area (Å²) in [6, 6.07) is 9.27. The van der Waals surface area contributed by atoms with E-state index in [4.69, 9.17) is 0 Å². The molecular weight excluding hydrogens is 357 g/mol. The zero-order valence-corrected chi connectivity index (χ0v) is 16.3. The van der Waals surface area contributed by atoms with Gasteiger partial charge in [0.15, 0.2) is 5.78 Å². The number of amides is 1. The van der Waals surface area contributed by atoms with E-state index in [0.29, 0.717) is 18.5 Å².